The second kappa shape index (κ2) is 6.58. The van der Waals surface area contributed by atoms with E-state index in [9.17, 15) is 13.2 Å². The van der Waals surface area contributed by atoms with E-state index in [1.807, 2.05) is 13.8 Å². The summed E-state index contributed by atoms with van der Waals surface area (Å²) >= 11 is 0. The summed E-state index contributed by atoms with van der Waals surface area (Å²) in [5, 5.41) is 2.37. The molecule has 2 N–H and O–H groups in total. The van der Waals surface area contributed by atoms with Crippen LogP contribution in [-0.2, 0) is 14.9 Å². The standard InChI is InChI=1S/C7H13NO4S.C2H6.H2/c1-4-6(9)8-7(2,3)5-13(10,11)12;1-2;/h4H,1,5H2,2-3H3,(H,8,9)(H,10,11,12);1-2H3;1H. The van der Waals surface area contributed by atoms with Crippen molar-refractivity contribution in [2.75, 3.05) is 5.75 Å². The van der Waals surface area contributed by atoms with Gasteiger partial charge < -0.3 is 5.32 Å². The lowest BCUT2D eigenvalue weighted by molar-refractivity contribution is -0.117. The van der Waals surface area contributed by atoms with Gasteiger partial charge in [-0.1, -0.05) is 20.4 Å². The molecule has 5 nitrogen and oxygen atoms in total. The third kappa shape index (κ3) is 11.0. The number of hydrogen-bond acceptors (Lipinski definition) is 3. The Morgan fingerprint density at radius 3 is 2.20 bits per heavy atom. The van der Waals surface area contributed by atoms with Gasteiger partial charge in [0.25, 0.3) is 10.1 Å². The van der Waals surface area contributed by atoms with Gasteiger partial charge in [0.15, 0.2) is 0 Å². The Morgan fingerprint density at radius 2 is 1.93 bits per heavy atom. The molecule has 0 spiro atoms. The molecular weight excluding hydrogens is 218 g/mol. The maximum atomic E-state index is 10.8. The van der Waals surface area contributed by atoms with E-state index in [0.29, 0.717) is 0 Å². The van der Waals surface area contributed by atoms with Gasteiger partial charge in [0.05, 0.1) is 11.3 Å². The molecule has 0 aliphatic heterocycles. The first-order valence-corrected chi connectivity index (χ1v) is 6.17. The first-order valence-electron chi connectivity index (χ1n) is 4.56. The Kier molecular flexibility index (Phi) is 7.25. The maximum absolute atomic E-state index is 10.8. The van der Waals surface area contributed by atoms with Crippen molar-refractivity contribution in [3.8, 4) is 0 Å². The average Bonchev–Trinajstić information content (AvgIpc) is 2.02. The van der Waals surface area contributed by atoms with E-state index in [0.717, 1.165) is 6.08 Å². The molecule has 0 saturated carbocycles. The normalized spacial score (nSPS) is 11.0. The van der Waals surface area contributed by atoms with Crippen molar-refractivity contribution in [2.45, 2.75) is 33.2 Å². The van der Waals surface area contributed by atoms with Gasteiger partial charge in [-0.15, -0.1) is 0 Å². The van der Waals surface area contributed by atoms with E-state index in [1.165, 1.54) is 13.8 Å². The molecule has 0 aromatic rings. The molecule has 6 heteroatoms. The summed E-state index contributed by atoms with van der Waals surface area (Å²) in [7, 11) is -4.08. The largest absolute Gasteiger partial charge is 0.347 e. The number of carbonyl (C=O) groups is 1. The molecule has 0 fully saturated rings. The van der Waals surface area contributed by atoms with Crippen LogP contribution in [0.2, 0.25) is 0 Å². The molecule has 0 aliphatic rings. The van der Waals surface area contributed by atoms with Crippen molar-refractivity contribution in [1.82, 2.24) is 5.32 Å². The molecule has 0 saturated heterocycles. The van der Waals surface area contributed by atoms with Crippen molar-refractivity contribution in [3.63, 3.8) is 0 Å². The molecule has 0 aliphatic carbocycles. The zero-order chi connectivity index (χ0) is 12.7. The summed E-state index contributed by atoms with van der Waals surface area (Å²) < 4.78 is 29.5. The van der Waals surface area contributed by atoms with Crippen LogP contribution in [0.3, 0.4) is 0 Å². The minimum Gasteiger partial charge on any atom is -0.347 e. The SMILES string of the molecule is C=CC(=O)NC(C)(C)CS(=O)(=O)O.CC.[HH]. The topological polar surface area (TPSA) is 83.5 Å². The highest BCUT2D eigenvalue weighted by atomic mass is 32.2. The second-order valence-corrected chi connectivity index (χ2v) is 4.76. The molecule has 15 heavy (non-hydrogen) atoms. The van der Waals surface area contributed by atoms with E-state index < -0.39 is 27.3 Å². The fraction of sp³-hybridized carbons (Fsp3) is 0.667. The summed E-state index contributed by atoms with van der Waals surface area (Å²) in [4.78, 5) is 10.8. The maximum Gasteiger partial charge on any atom is 0.267 e. The fourth-order valence-electron chi connectivity index (χ4n) is 0.877. The molecule has 0 aromatic carbocycles. The molecule has 0 rings (SSSR count). The summed E-state index contributed by atoms with van der Waals surface area (Å²) in [6.07, 6.45) is 1.03. The summed E-state index contributed by atoms with van der Waals surface area (Å²) in [5.41, 5.74) is -1.00. The predicted molar refractivity (Wildman–Crippen MR) is 62.3 cm³/mol. The lowest BCUT2D eigenvalue weighted by Crippen LogP contribution is -2.47. The van der Waals surface area contributed by atoms with Crippen LogP contribution in [0.25, 0.3) is 0 Å². The van der Waals surface area contributed by atoms with E-state index in [2.05, 4.69) is 11.9 Å². The van der Waals surface area contributed by atoms with Gasteiger partial charge in [0.2, 0.25) is 5.91 Å². The van der Waals surface area contributed by atoms with Crippen molar-refractivity contribution in [1.29, 1.82) is 0 Å². The molecule has 0 aromatic heterocycles. The molecule has 0 radical (unpaired) electrons. The molecule has 0 bridgehead atoms. The fourth-order valence-corrected chi connectivity index (χ4v) is 1.86. The van der Waals surface area contributed by atoms with Gasteiger partial charge in [-0.25, -0.2) is 0 Å². The van der Waals surface area contributed by atoms with Gasteiger partial charge in [-0.2, -0.15) is 8.42 Å². The number of rotatable bonds is 4. The Balaban J connectivity index is -0.000000529. The summed E-state index contributed by atoms with van der Waals surface area (Å²) in [6.45, 7) is 10.2. The van der Waals surface area contributed by atoms with E-state index in [1.54, 1.807) is 0 Å². The Hall–Kier alpha value is -0.880. The Morgan fingerprint density at radius 1 is 1.53 bits per heavy atom. The first kappa shape index (κ1) is 16.5. The molecular formula is C9H21NO4S. The van der Waals surface area contributed by atoms with Crippen LogP contribution in [-0.4, -0.2) is 30.2 Å². The van der Waals surface area contributed by atoms with E-state index >= 15 is 0 Å². The average molecular weight is 239 g/mol. The van der Waals surface area contributed by atoms with Crippen LogP contribution in [0.1, 0.15) is 29.1 Å². The highest BCUT2D eigenvalue weighted by Crippen LogP contribution is 2.05. The highest BCUT2D eigenvalue weighted by molar-refractivity contribution is 7.85. The number of nitrogens with one attached hydrogen (secondary N) is 1. The van der Waals surface area contributed by atoms with E-state index in [-0.39, 0.29) is 1.43 Å². The van der Waals surface area contributed by atoms with Crippen LogP contribution in [0, 0.1) is 0 Å². The molecule has 1 amide bonds. The third-order valence-corrected chi connectivity index (χ3v) is 2.28. The van der Waals surface area contributed by atoms with Crippen LogP contribution < -0.4 is 5.32 Å². The van der Waals surface area contributed by atoms with Gasteiger partial charge in [-0.3, -0.25) is 9.35 Å². The minimum atomic E-state index is -4.08. The molecule has 0 unspecified atom stereocenters. The summed E-state index contributed by atoms with van der Waals surface area (Å²) in [5.74, 6) is -1.01. The van der Waals surface area contributed by atoms with Crippen molar-refractivity contribution in [2.24, 2.45) is 0 Å². The number of amides is 1. The van der Waals surface area contributed by atoms with Crippen molar-refractivity contribution < 1.29 is 19.2 Å². The molecule has 0 heterocycles. The van der Waals surface area contributed by atoms with Crippen LogP contribution >= 0.6 is 0 Å². The highest BCUT2D eigenvalue weighted by Gasteiger charge is 2.25. The Bertz CT molecular complexity index is 311. The molecule has 0 atom stereocenters. The van der Waals surface area contributed by atoms with Gasteiger partial charge in [0, 0.05) is 1.43 Å². The van der Waals surface area contributed by atoms with Gasteiger partial charge in [-0.05, 0) is 19.9 Å². The second-order valence-electron chi connectivity index (χ2n) is 3.30. The van der Waals surface area contributed by atoms with Gasteiger partial charge >= 0.3 is 0 Å². The van der Waals surface area contributed by atoms with Crippen molar-refractivity contribution >= 4 is 16.0 Å². The Labute approximate surface area is 92.8 Å². The zero-order valence-electron chi connectivity index (χ0n) is 9.57. The lowest BCUT2D eigenvalue weighted by atomic mass is 10.1. The quantitative estimate of drug-likeness (QED) is 0.571. The van der Waals surface area contributed by atoms with Crippen molar-refractivity contribution in [3.05, 3.63) is 12.7 Å². The summed E-state index contributed by atoms with van der Waals surface area (Å²) in [6, 6.07) is 0. The van der Waals surface area contributed by atoms with Gasteiger partial charge in [0.1, 0.15) is 0 Å². The third-order valence-electron chi connectivity index (χ3n) is 1.19. The number of carbonyl (C=O) groups excluding carboxylic acids is 1. The molecule has 92 valence electrons. The first-order chi connectivity index (χ1) is 6.66. The van der Waals surface area contributed by atoms with Crippen LogP contribution in [0.5, 0.6) is 0 Å². The van der Waals surface area contributed by atoms with Crippen LogP contribution in [0.15, 0.2) is 12.7 Å². The van der Waals surface area contributed by atoms with E-state index in [4.69, 9.17) is 4.55 Å². The number of hydrogen-bond donors (Lipinski definition) is 2. The lowest BCUT2D eigenvalue weighted by Gasteiger charge is -2.23. The minimum absolute atomic E-state index is 0. The smallest absolute Gasteiger partial charge is 0.267 e. The zero-order valence-corrected chi connectivity index (χ0v) is 10.4. The monoisotopic (exact) mass is 239 g/mol. The predicted octanol–water partition coefficient (Wildman–Crippen LogP) is 1.23. The van der Waals surface area contributed by atoms with Crippen LogP contribution in [0.4, 0.5) is 0 Å².